The van der Waals surface area contributed by atoms with Crippen LogP contribution in [0.25, 0.3) is 0 Å². The molecule has 0 aliphatic carbocycles. The van der Waals surface area contributed by atoms with E-state index < -0.39 is 0 Å². The number of thioether (sulfide) groups is 1. The van der Waals surface area contributed by atoms with Crippen molar-refractivity contribution in [2.45, 2.75) is 56.6 Å². The normalized spacial score (nSPS) is 12.8. The first kappa shape index (κ1) is 20.4. The Hall–Kier alpha value is -0.920. The largest absolute Gasteiger partial charge is 0.305 e. The van der Waals surface area contributed by atoms with E-state index in [0.29, 0.717) is 4.47 Å². The fourth-order valence-electron chi connectivity index (χ4n) is 2.74. The second kappa shape index (κ2) is 9.69. The third kappa shape index (κ3) is 5.28. The lowest BCUT2D eigenvalue weighted by Crippen LogP contribution is -2.23. The van der Waals surface area contributed by atoms with Gasteiger partial charge in [-0.2, -0.15) is 0 Å². The van der Waals surface area contributed by atoms with E-state index in [-0.39, 0.29) is 11.9 Å². The molecule has 7 heteroatoms. The number of benzene rings is 1. The third-order valence-corrected chi connectivity index (χ3v) is 5.79. The van der Waals surface area contributed by atoms with Crippen molar-refractivity contribution in [3.8, 4) is 0 Å². The molecule has 138 valence electrons. The summed E-state index contributed by atoms with van der Waals surface area (Å²) in [6, 6.07) is 5.39. The van der Waals surface area contributed by atoms with Crippen LogP contribution in [0.5, 0.6) is 0 Å². The van der Waals surface area contributed by atoms with Gasteiger partial charge in [0.05, 0.1) is 10.5 Å². The molecule has 1 aromatic carbocycles. The van der Waals surface area contributed by atoms with Crippen molar-refractivity contribution in [1.29, 1.82) is 0 Å². The minimum absolute atomic E-state index is 0.237. The Bertz CT molecular complexity index is 690. The number of halogens is 2. The monoisotopic (exact) mass is 428 g/mol. The van der Waals surface area contributed by atoms with Crippen LogP contribution in [0.4, 0.5) is 4.39 Å². The molecule has 0 aliphatic rings. The van der Waals surface area contributed by atoms with Crippen molar-refractivity contribution in [2.24, 2.45) is 0 Å². The predicted molar refractivity (Wildman–Crippen MR) is 105 cm³/mol. The maximum absolute atomic E-state index is 13.4. The second-order valence-electron chi connectivity index (χ2n) is 6.27. The topological polar surface area (TPSA) is 34.0 Å². The molecule has 2 rings (SSSR count). The Kier molecular flexibility index (Phi) is 7.90. The van der Waals surface area contributed by atoms with Gasteiger partial charge in [0.15, 0.2) is 11.0 Å². The first-order valence-corrected chi connectivity index (χ1v) is 10.4. The van der Waals surface area contributed by atoms with Crippen LogP contribution in [0.15, 0.2) is 27.8 Å². The van der Waals surface area contributed by atoms with Gasteiger partial charge < -0.3 is 4.57 Å². The molecule has 0 fully saturated rings. The van der Waals surface area contributed by atoms with Gasteiger partial charge in [-0.05, 0) is 60.6 Å². The van der Waals surface area contributed by atoms with Gasteiger partial charge in [-0.3, -0.25) is 4.90 Å². The summed E-state index contributed by atoms with van der Waals surface area (Å²) in [6.45, 7) is 5.29. The van der Waals surface area contributed by atoms with E-state index >= 15 is 0 Å². The summed E-state index contributed by atoms with van der Waals surface area (Å²) in [5, 5.41) is 9.86. The molecular weight excluding hydrogens is 403 g/mol. The highest BCUT2D eigenvalue weighted by atomic mass is 79.9. The molecule has 2 aromatic rings. The second-order valence-corrected chi connectivity index (χ2v) is 8.07. The lowest BCUT2D eigenvalue weighted by molar-refractivity contribution is 0.270. The van der Waals surface area contributed by atoms with Crippen molar-refractivity contribution in [2.75, 3.05) is 14.1 Å². The van der Waals surface area contributed by atoms with Gasteiger partial charge in [0.1, 0.15) is 5.82 Å². The third-order valence-electron chi connectivity index (χ3n) is 4.14. The Morgan fingerprint density at radius 2 is 2.04 bits per heavy atom. The average molecular weight is 429 g/mol. The fraction of sp³-hybridized carbons (Fsp3) is 0.556. The van der Waals surface area contributed by atoms with E-state index in [2.05, 4.69) is 63.5 Å². The van der Waals surface area contributed by atoms with E-state index in [4.69, 9.17) is 0 Å². The zero-order chi connectivity index (χ0) is 18.4. The fourth-order valence-corrected chi connectivity index (χ4v) is 4.08. The van der Waals surface area contributed by atoms with Crippen LogP contribution < -0.4 is 0 Å². The van der Waals surface area contributed by atoms with Gasteiger partial charge in [-0.25, -0.2) is 4.39 Å². The van der Waals surface area contributed by atoms with Crippen LogP contribution in [0.3, 0.4) is 0 Å². The molecular formula is C18H26BrFN4S. The Balaban J connectivity index is 2.21. The molecule has 0 aliphatic heterocycles. The van der Waals surface area contributed by atoms with Gasteiger partial charge in [-0.15, -0.1) is 10.2 Å². The summed E-state index contributed by atoms with van der Waals surface area (Å²) >= 11 is 4.90. The van der Waals surface area contributed by atoms with Gasteiger partial charge >= 0.3 is 0 Å². The van der Waals surface area contributed by atoms with E-state index in [0.717, 1.165) is 48.1 Å². The zero-order valence-corrected chi connectivity index (χ0v) is 17.7. The number of hydrogen-bond donors (Lipinski definition) is 0. The van der Waals surface area contributed by atoms with Gasteiger partial charge in [0.2, 0.25) is 0 Å². The summed E-state index contributed by atoms with van der Waals surface area (Å²) in [5.74, 6) is 1.53. The molecule has 0 amide bonds. The van der Waals surface area contributed by atoms with Crippen LogP contribution in [0, 0.1) is 5.82 Å². The number of hydrogen-bond acceptors (Lipinski definition) is 4. The van der Waals surface area contributed by atoms with E-state index in [9.17, 15) is 4.39 Å². The Labute approximate surface area is 162 Å². The highest BCUT2D eigenvalue weighted by Crippen LogP contribution is 2.28. The number of unbranched alkanes of at least 4 members (excludes halogenated alkanes) is 1. The number of aromatic nitrogens is 3. The summed E-state index contributed by atoms with van der Waals surface area (Å²) in [7, 11) is 4.16. The van der Waals surface area contributed by atoms with Crippen molar-refractivity contribution in [3.05, 3.63) is 39.9 Å². The number of rotatable bonds is 9. The maximum atomic E-state index is 13.4. The zero-order valence-electron chi connectivity index (χ0n) is 15.3. The molecule has 4 nitrogen and oxygen atoms in total. The molecule has 0 N–H and O–H groups in total. The van der Waals surface area contributed by atoms with Crippen LogP contribution >= 0.6 is 27.7 Å². The highest BCUT2D eigenvalue weighted by molar-refractivity contribution is 9.10. The number of nitrogens with zero attached hydrogens (tertiary/aromatic N) is 4. The molecule has 1 aromatic heterocycles. The first-order valence-electron chi connectivity index (χ1n) is 8.64. The van der Waals surface area contributed by atoms with Crippen molar-refractivity contribution in [1.82, 2.24) is 19.7 Å². The molecule has 0 saturated heterocycles. The Morgan fingerprint density at radius 1 is 1.28 bits per heavy atom. The van der Waals surface area contributed by atoms with Crippen LogP contribution in [-0.2, 0) is 12.3 Å². The SMILES string of the molecule is CCCCn1c(SCc2ccc(F)c(Br)c2)nnc1C(CC)N(C)C. The van der Waals surface area contributed by atoms with Crippen molar-refractivity contribution < 1.29 is 4.39 Å². The van der Waals surface area contributed by atoms with E-state index in [1.54, 1.807) is 11.8 Å². The molecule has 25 heavy (non-hydrogen) atoms. The van der Waals surface area contributed by atoms with Crippen molar-refractivity contribution >= 4 is 27.7 Å². The quantitative estimate of drug-likeness (QED) is 0.508. The van der Waals surface area contributed by atoms with Crippen LogP contribution in [-0.4, -0.2) is 33.8 Å². The van der Waals surface area contributed by atoms with Crippen LogP contribution in [0.1, 0.15) is 50.5 Å². The van der Waals surface area contributed by atoms with Gasteiger partial charge in [0, 0.05) is 12.3 Å². The molecule has 1 heterocycles. The smallest absolute Gasteiger partial charge is 0.191 e. The lowest BCUT2D eigenvalue weighted by atomic mass is 10.2. The van der Waals surface area contributed by atoms with Gasteiger partial charge in [-0.1, -0.05) is 38.1 Å². The van der Waals surface area contributed by atoms with E-state index in [1.807, 2.05) is 12.1 Å². The maximum Gasteiger partial charge on any atom is 0.191 e. The minimum atomic E-state index is -0.237. The summed E-state index contributed by atoms with van der Waals surface area (Å²) in [4.78, 5) is 2.19. The standard InChI is InChI=1S/C18H26BrFN4S/c1-5-7-10-24-17(16(6-2)23(3)4)21-22-18(24)25-12-13-8-9-15(20)14(19)11-13/h8-9,11,16H,5-7,10,12H2,1-4H3. The molecule has 1 unspecified atom stereocenters. The molecule has 0 radical (unpaired) electrons. The minimum Gasteiger partial charge on any atom is -0.305 e. The Morgan fingerprint density at radius 3 is 2.64 bits per heavy atom. The van der Waals surface area contributed by atoms with Gasteiger partial charge in [0.25, 0.3) is 0 Å². The summed E-state index contributed by atoms with van der Waals surface area (Å²) < 4.78 is 16.1. The average Bonchev–Trinajstić information content (AvgIpc) is 2.97. The summed E-state index contributed by atoms with van der Waals surface area (Å²) in [5.41, 5.74) is 1.06. The van der Waals surface area contributed by atoms with E-state index in [1.165, 1.54) is 6.07 Å². The highest BCUT2D eigenvalue weighted by Gasteiger charge is 2.21. The predicted octanol–water partition coefficient (Wildman–Crippen LogP) is 5.28. The molecule has 0 saturated carbocycles. The summed E-state index contributed by atoms with van der Waals surface area (Å²) in [6.07, 6.45) is 3.22. The van der Waals surface area contributed by atoms with Crippen molar-refractivity contribution in [3.63, 3.8) is 0 Å². The molecule has 0 bridgehead atoms. The molecule has 0 spiro atoms. The molecule has 1 atom stereocenters. The lowest BCUT2D eigenvalue weighted by Gasteiger charge is -2.23. The van der Waals surface area contributed by atoms with Crippen LogP contribution in [0.2, 0.25) is 0 Å². The first-order chi connectivity index (χ1) is 12.0.